The summed E-state index contributed by atoms with van der Waals surface area (Å²) < 4.78 is 6.74. The van der Waals surface area contributed by atoms with Gasteiger partial charge in [0, 0.05) is 17.8 Å². The number of aromatic amines is 1. The molecule has 0 atom stereocenters. The van der Waals surface area contributed by atoms with Crippen LogP contribution in [-0.4, -0.2) is 25.6 Å². The van der Waals surface area contributed by atoms with Crippen LogP contribution in [0.1, 0.15) is 27.3 Å². The van der Waals surface area contributed by atoms with Crippen LogP contribution in [0.4, 0.5) is 0 Å². The van der Waals surface area contributed by atoms with E-state index in [1.165, 1.54) is 10.5 Å². The fourth-order valence-electron chi connectivity index (χ4n) is 2.84. The first-order valence-electron chi connectivity index (χ1n) is 8.78. The van der Waals surface area contributed by atoms with Crippen LogP contribution in [-0.2, 0) is 11.3 Å². The molecular formula is C21H18N4O3. The molecule has 1 aromatic carbocycles. The van der Waals surface area contributed by atoms with Gasteiger partial charge in [0.15, 0.2) is 0 Å². The largest absolute Gasteiger partial charge is 0.454 e. The zero-order valence-electron chi connectivity index (χ0n) is 15.5. The van der Waals surface area contributed by atoms with Gasteiger partial charge < -0.3 is 4.74 Å². The molecule has 0 radical (unpaired) electrons. The summed E-state index contributed by atoms with van der Waals surface area (Å²) in [6.45, 7) is 3.82. The highest BCUT2D eigenvalue weighted by Gasteiger charge is 2.13. The Morgan fingerprint density at radius 1 is 1.07 bits per heavy atom. The molecule has 3 heterocycles. The summed E-state index contributed by atoms with van der Waals surface area (Å²) in [4.78, 5) is 28.9. The van der Waals surface area contributed by atoms with Crippen molar-refractivity contribution in [3.8, 4) is 11.3 Å². The van der Waals surface area contributed by atoms with Crippen LogP contribution in [0.2, 0.25) is 0 Å². The zero-order chi connectivity index (χ0) is 19.7. The van der Waals surface area contributed by atoms with E-state index in [1.807, 2.05) is 44.2 Å². The minimum Gasteiger partial charge on any atom is -0.454 e. The third-order valence-corrected chi connectivity index (χ3v) is 4.37. The van der Waals surface area contributed by atoms with Gasteiger partial charge in [0.1, 0.15) is 17.9 Å². The number of benzene rings is 1. The first kappa shape index (κ1) is 17.7. The van der Waals surface area contributed by atoms with Crippen molar-refractivity contribution in [2.24, 2.45) is 0 Å². The Morgan fingerprint density at radius 2 is 1.86 bits per heavy atom. The monoisotopic (exact) mass is 374 g/mol. The van der Waals surface area contributed by atoms with Crippen molar-refractivity contribution < 1.29 is 9.53 Å². The molecule has 0 aliphatic rings. The van der Waals surface area contributed by atoms with Crippen LogP contribution in [0, 0.1) is 13.8 Å². The number of nitrogens with one attached hydrogen (secondary N) is 1. The summed E-state index contributed by atoms with van der Waals surface area (Å²) in [6, 6.07) is 14.5. The maximum Gasteiger partial charge on any atom is 0.356 e. The Morgan fingerprint density at radius 3 is 2.64 bits per heavy atom. The first-order chi connectivity index (χ1) is 13.5. The van der Waals surface area contributed by atoms with Crippen molar-refractivity contribution in [2.75, 3.05) is 0 Å². The number of fused-ring (bicyclic) bond motifs is 1. The third-order valence-electron chi connectivity index (χ3n) is 4.37. The molecule has 3 aromatic heterocycles. The minimum absolute atomic E-state index is 0.0998. The van der Waals surface area contributed by atoms with E-state index in [0.717, 1.165) is 16.7 Å². The first-order valence-corrected chi connectivity index (χ1v) is 8.78. The van der Waals surface area contributed by atoms with Crippen molar-refractivity contribution in [1.29, 1.82) is 0 Å². The molecule has 28 heavy (non-hydrogen) atoms. The molecule has 0 amide bonds. The molecule has 7 heteroatoms. The van der Waals surface area contributed by atoms with Gasteiger partial charge in [-0.25, -0.2) is 9.78 Å². The number of rotatable bonds is 4. The molecule has 140 valence electrons. The maximum atomic E-state index is 12.3. The van der Waals surface area contributed by atoms with Crippen molar-refractivity contribution in [2.45, 2.75) is 20.5 Å². The third kappa shape index (κ3) is 3.55. The van der Waals surface area contributed by atoms with Crippen LogP contribution in [0.3, 0.4) is 0 Å². The Labute approximate surface area is 160 Å². The topological polar surface area (TPSA) is 89.4 Å². The van der Waals surface area contributed by atoms with Crippen LogP contribution < -0.4 is 5.56 Å². The highest BCUT2D eigenvalue weighted by atomic mass is 16.5. The molecule has 0 saturated heterocycles. The van der Waals surface area contributed by atoms with E-state index in [2.05, 4.69) is 15.2 Å². The van der Waals surface area contributed by atoms with Gasteiger partial charge in [-0.15, -0.1) is 0 Å². The lowest BCUT2D eigenvalue weighted by atomic mass is 10.1. The van der Waals surface area contributed by atoms with Crippen molar-refractivity contribution >= 4 is 11.6 Å². The van der Waals surface area contributed by atoms with Gasteiger partial charge in [-0.2, -0.15) is 5.10 Å². The number of H-pyrrole nitrogens is 1. The quantitative estimate of drug-likeness (QED) is 0.555. The standard InChI is InChI=1S/C21H18N4O3/c1-13-3-5-15(6-4-13)17-11-18(24-23-17)21(27)28-12-16-10-20(26)25-8-7-14(2)9-19(25)22-16/h3-11H,12H2,1-2H3,(H,23,24). The molecular weight excluding hydrogens is 356 g/mol. The predicted molar refractivity (Wildman–Crippen MR) is 104 cm³/mol. The van der Waals surface area contributed by atoms with Gasteiger partial charge in [0.05, 0.1) is 11.4 Å². The fraction of sp³-hybridized carbons (Fsp3) is 0.143. The minimum atomic E-state index is -0.558. The lowest BCUT2D eigenvalue weighted by molar-refractivity contribution is 0.0460. The Kier molecular flexibility index (Phi) is 4.49. The summed E-state index contributed by atoms with van der Waals surface area (Å²) in [7, 11) is 0. The number of hydrogen-bond acceptors (Lipinski definition) is 5. The van der Waals surface area contributed by atoms with Crippen LogP contribution in [0.25, 0.3) is 16.9 Å². The van der Waals surface area contributed by atoms with Crippen molar-refractivity contribution in [3.05, 3.63) is 87.6 Å². The van der Waals surface area contributed by atoms with E-state index in [0.29, 0.717) is 17.0 Å². The van der Waals surface area contributed by atoms with Gasteiger partial charge in [-0.1, -0.05) is 29.8 Å². The second-order valence-corrected chi connectivity index (χ2v) is 6.63. The Balaban J connectivity index is 1.50. The van der Waals surface area contributed by atoms with Crippen LogP contribution in [0.5, 0.6) is 0 Å². The van der Waals surface area contributed by atoms with E-state index in [4.69, 9.17) is 4.74 Å². The van der Waals surface area contributed by atoms with E-state index < -0.39 is 5.97 Å². The summed E-state index contributed by atoms with van der Waals surface area (Å²) in [5, 5.41) is 6.85. The maximum absolute atomic E-state index is 12.3. The lowest BCUT2D eigenvalue weighted by Gasteiger charge is -2.05. The van der Waals surface area contributed by atoms with E-state index in [9.17, 15) is 9.59 Å². The van der Waals surface area contributed by atoms with Gasteiger partial charge in [0.25, 0.3) is 5.56 Å². The van der Waals surface area contributed by atoms with Gasteiger partial charge in [-0.05, 0) is 37.6 Å². The Bertz CT molecular complexity index is 1220. The number of ether oxygens (including phenoxy) is 1. The summed E-state index contributed by atoms with van der Waals surface area (Å²) >= 11 is 0. The number of aryl methyl sites for hydroxylation is 2. The molecule has 0 aliphatic heterocycles. The molecule has 0 spiro atoms. The van der Waals surface area contributed by atoms with Gasteiger partial charge in [0.2, 0.25) is 0 Å². The molecule has 7 nitrogen and oxygen atoms in total. The van der Waals surface area contributed by atoms with E-state index >= 15 is 0 Å². The number of nitrogens with zero attached hydrogens (tertiary/aromatic N) is 3. The molecule has 4 rings (SSSR count). The molecule has 0 bridgehead atoms. The molecule has 0 aliphatic carbocycles. The van der Waals surface area contributed by atoms with Gasteiger partial charge >= 0.3 is 5.97 Å². The fourth-order valence-corrected chi connectivity index (χ4v) is 2.84. The molecule has 4 aromatic rings. The molecule has 0 unspecified atom stereocenters. The summed E-state index contributed by atoms with van der Waals surface area (Å²) in [5.74, 6) is -0.558. The summed E-state index contributed by atoms with van der Waals surface area (Å²) in [6.07, 6.45) is 1.67. The number of pyridine rings is 1. The number of carbonyl (C=O) groups excluding carboxylic acids is 1. The number of aromatic nitrogens is 4. The number of hydrogen-bond donors (Lipinski definition) is 1. The number of carbonyl (C=O) groups is 1. The van der Waals surface area contributed by atoms with Gasteiger partial charge in [-0.3, -0.25) is 14.3 Å². The normalized spacial score (nSPS) is 10.9. The van der Waals surface area contributed by atoms with E-state index in [1.54, 1.807) is 18.3 Å². The second kappa shape index (κ2) is 7.11. The van der Waals surface area contributed by atoms with Crippen molar-refractivity contribution in [3.63, 3.8) is 0 Å². The predicted octanol–water partition coefficient (Wildman–Crippen LogP) is 3.06. The van der Waals surface area contributed by atoms with Crippen molar-refractivity contribution in [1.82, 2.24) is 19.6 Å². The highest BCUT2D eigenvalue weighted by Crippen LogP contribution is 2.18. The average Bonchev–Trinajstić information content (AvgIpc) is 3.16. The SMILES string of the molecule is Cc1ccc(-c2cc(C(=O)OCc3cc(=O)n4ccc(C)cc4n3)[nH]n2)cc1. The lowest BCUT2D eigenvalue weighted by Crippen LogP contribution is -2.16. The zero-order valence-corrected chi connectivity index (χ0v) is 15.5. The second-order valence-electron chi connectivity index (χ2n) is 6.63. The smallest absolute Gasteiger partial charge is 0.356 e. The number of esters is 1. The molecule has 0 saturated carbocycles. The van der Waals surface area contributed by atoms with Crippen LogP contribution >= 0.6 is 0 Å². The highest BCUT2D eigenvalue weighted by molar-refractivity contribution is 5.88. The molecule has 0 fully saturated rings. The summed E-state index contributed by atoms with van der Waals surface area (Å²) in [5.41, 5.74) is 4.62. The average molecular weight is 374 g/mol. The van der Waals surface area contributed by atoms with Crippen LogP contribution in [0.15, 0.2) is 59.5 Å². The van der Waals surface area contributed by atoms with E-state index in [-0.39, 0.29) is 17.9 Å². The Hall–Kier alpha value is -3.74. The molecule has 1 N–H and O–H groups in total.